The fraction of sp³-hybridized carbons (Fsp3) is 0.143. The molecule has 2 aromatic heterocycles. The Hall–Kier alpha value is -2.76. The van der Waals surface area contributed by atoms with Gasteiger partial charge in [-0.15, -0.1) is 0 Å². The van der Waals surface area contributed by atoms with E-state index < -0.39 is 5.97 Å². The molecule has 0 unspecified atom stereocenters. The van der Waals surface area contributed by atoms with Crippen LogP contribution >= 0.6 is 0 Å². The lowest BCUT2D eigenvalue weighted by molar-refractivity contribution is -0.136. The highest BCUT2D eigenvalue weighted by molar-refractivity contribution is 5.79. The Bertz CT molecular complexity index is 795. The van der Waals surface area contributed by atoms with Crippen molar-refractivity contribution in [2.24, 2.45) is 0 Å². The van der Waals surface area contributed by atoms with Crippen LogP contribution in [0.25, 0.3) is 22.4 Å². The van der Waals surface area contributed by atoms with Gasteiger partial charge in [-0.3, -0.25) is 4.79 Å². The molecular formula is C14H11N3O3. The van der Waals surface area contributed by atoms with Gasteiger partial charge in [0.15, 0.2) is 12.0 Å². The molecule has 0 atom stereocenters. The average molecular weight is 269 g/mol. The van der Waals surface area contributed by atoms with Crippen molar-refractivity contribution in [2.45, 2.75) is 13.3 Å². The number of fused-ring (bicyclic) bond motifs is 1. The number of oxazole rings is 1. The molecule has 2 heterocycles. The monoisotopic (exact) mass is 269 g/mol. The lowest BCUT2D eigenvalue weighted by Gasteiger charge is -2.04. The number of aliphatic carboxylic acids is 1. The number of hydrogen-bond donors (Lipinski definition) is 1. The number of carbonyl (C=O) groups is 1. The van der Waals surface area contributed by atoms with E-state index in [1.165, 1.54) is 6.39 Å². The molecular weight excluding hydrogens is 258 g/mol. The molecule has 0 bridgehead atoms. The maximum atomic E-state index is 10.8. The minimum atomic E-state index is -0.952. The van der Waals surface area contributed by atoms with Crippen molar-refractivity contribution in [3.05, 3.63) is 42.2 Å². The quantitative estimate of drug-likeness (QED) is 0.784. The van der Waals surface area contributed by atoms with Crippen molar-refractivity contribution in [1.82, 2.24) is 15.0 Å². The minimum Gasteiger partial charge on any atom is -0.481 e. The molecule has 6 nitrogen and oxygen atoms in total. The third-order valence-electron chi connectivity index (χ3n) is 2.84. The van der Waals surface area contributed by atoms with Crippen LogP contribution in [0.15, 0.2) is 35.1 Å². The summed E-state index contributed by atoms with van der Waals surface area (Å²) in [5.74, 6) is -0.655. The summed E-state index contributed by atoms with van der Waals surface area (Å²) in [6.45, 7) is 1.81. The summed E-state index contributed by atoms with van der Waals surface area (Å²) in [4.78, 5) is 23.2. The van der Waals surface area contributed by atoms with Gasteiger partial charge in [-0.05, 0) is 25.1 Å². The van der Waals surface area contributed by atoms with Crippen molar-refractivity contribution in [1.29, 1.82) is 0 Å². The van der Waals surface area contributed by atoms with E-state index in [4.69, 9.17) is 9.52 Å². The van der Waals surface area contributed by atoms with Gasteiger partial charge < -0.3 is 9.52 Å². The Balaban J connectivity index is 2.07. The lowest BCUT2D eigenvalue weighted by Crippen LogP contribution is -2.06. The molecule has 0 aliphatic heterocycles. The number of aromatic nitrogens is 3. The Morgan fingerprint density at radius 2 is 2.15 bits per heavy atom. The number of carboxylic acid groups (broad SMARTS) is 1. The summed E-state index contributed by atoms with van der Waals surface area (Å²) >= 11 is 0. The minimum absolute atomic E-state index is 0.195. The summed E-state index contributed by atoms with van der Waals surface area (Å²) < 4.78 is 5.26. The zero-order valence-corrected chi connectivity index (χ0v) is 10.7. The van der Waals surface area contributed by atoms with Gasteiger partial charge in [-0.25, -0.2) is 15.0 Å². The van der Waals surface area contributed by atoms with Gasteiger partial charge in [0.25, 0.3) is 0 Å². The molecule has 100 valence electrons. The summed E-state index contributed by atoms with van der Waals surface area (Å²) in [6.07, 6.45) is 1.19. The van der Waals surface area contributed by atoms with Gasteiger partial charge in [0.05, 0.1) is 5.69 Å². The summed E-state index contributed by atoms with van der Waals surface area (Å²) in [5, 5.41) is 8.83. The van der Waals surface area contributed by atoms with E-state index in [1.807, 2.05) is 31.2 Å². The van der Waals surface area contributed by atoms with Crippen molar-refractivity contribution >= 4 is 17.1 Å². The molecule has 3 rings (SSSR count). The fourth-order valence-electron chi connectivity index (χ4n) is 2.01. The summed E-state index contributed by atoms with van der Waals surface area (Å²) in [5.41, 5.74) is 3.67. The molecule has 0 amide bonds. The lowest BCUT2D eigenvalue weighted by atomic mass is 10.1. The molecule has 0 aliphatic carbocycles. The second-order valence-electron chi connectivity index (χ2n) is 4.42. The molecule has 0 aliphatic rings. The first-order valence-corrected chi connectivity index (χ1v) is 6.02. The van der Waals surface area contributed by atoms with Crippen LogP contribution < -0.4 is 0 Å². The molecule has 0 spiro atoms. The van der Waals surface area contributed by atoms with E-state index in [1.54, 1.807) is 0 Å². The molecule has 0 fully saturated rings. The first-order chi connectivity index (χ1) is 9.61. The Labute approximate surface area is 114 Å². The van der Waals surface area contributed by atoms with Crippen LogP contribution in [0, 0.1) is 6.92 Å². The fourth-order valence-corrected chi connectivity index (χ4v) is 2.01. The Kier molecular flexibility index (Phi) is 2.90. The molecule has 20 heavy (non-hydrogen) atoms. The first-order valence-electron chi connectivity index (χ1n) is 6.02. The molecule has 0 saturated heterocycles. The Morgan fingerprint density at radius 1 is 1.30 bits per heavy atom. The number of hydrogen-bond acceptors (Lipinski definition) is 5. The third-order valence-corrected chi connectivity index (χ3v) is 2.84. The standard InChI is InChI=1S/C14H11N3O3/c1-8-4-11(17-13(16-8)6-14(18)19)9-2-3-10-12(5-9)20-7-15-10/h2-5,7H,6H2,1H3,(H,18,19). The zero-order valence-electron chi connectivity index (χ0n) is 10.7. The van der Waals surface area contributed by atoms with Crippen LogP contribution in [-0.2, 0) is 11.2 Å². The van der Waals surface area contributed by atoms with E-state index >= 15 is 0 Å². The topological polar surface area (TPSA) is 89.1 Å². The van der Waals surface area contributed by atoms with Gasteiger partial charge in [-0.2, -0.15) is 0 Å². The highest BCUT2D eigenvalue weighted by Crippen LogP contribution is 2.23. The van der Waals surface area contributed by atoms with Crippen molar-refractivity contribution in [2.75, 3.05) is 0 Å². The van der Waals surface area contributed by atoms with Crippen molar-refractivity contribution < 1.29 is 14.3 Å². The summed E-state index contributed by atoms with van der Waals surface area (Å²) in [6, 6.07) is 7.34. The summed E-state index contributed by atoms with van der Waals surface area (Å²) in [7, 11) is 0. The van der Waals surface area contributed by atoms with Crippen LogP contribution in [0.5, 0.6) is 0 Å². The number of benzene rings is 1. The van der Waals surface area contributed by atoms with Gasteiger partial charge >= 0.3 is 5.97 Å². The SMILES string of the molecule is Cc1cc(-c2ccc3ncoc3c2)nc(CC(=O)O)n1. The number of nitrogens with zero attached hydrogens (tertiary/aromatic N) is 3. The molecule has 0 saturated carbocycles. The zero-order chi connectivity index (χ0) is 14.1. The maximum absolute atomic E-state index is 10.8. The van der Waals surface area contributed by atoms with Crippen LogP contribution in [0.1, 0.15) is 11.5 Å². The molecule has 0 radical (unpaired) electrons. The van der Waals surface area contributed by atoms with E-state index in [-0.39, 0.29) is 6.42 Å². The van der Waals surface area contributed by atoms with E-state index in [0.29, 0.717) is 17.1 Å². The van der Waals surface area contributed by atoms with Crippen molar-refractivity contribution in [3.63, 3.8) is 0 Å². The second-order valence-corrected chi connectivity index (χ2v) is 4.42. The highest BCUT2D eigenvalue weighted by Gasteiger charge is 2.09. The largest absolute Gasteiger partial charge is 0.481 e. The third kappa shape index (κ3) is 2.35. The van der Waals surface area contributed by atoms with Crippen LogP contribution in [0.2, 0.25) is 0 Å². The number of carboxylic acids is 1. The van der Waals surface area contributed by atoms with Crippen LogP contribution in [0.4, 0.5) is 0 Å². The molecule has 1 N–H and O–H groups in total. The van der Waals surface area contributed by atoms with E-state index in [2.05, 4.69) is 15.0 Å². The average Bonchev–Trinajstić information content (AvgIpc) is 2.84. The Morgan fingerprint density at radius 3 is 2.95 bits per heavy atom. The smallest absolute Gasteiger partial charge is 0.311 e. The van der Waals surface area contributed by atoms with Crippen LogP contribution in [-0.4, -0.2) is 26.0 Å². The first kappa shape index (κ1) is 12.3. The van der Waals surface area contributed by atoms with E-state index in [9.17, 15) is 4.79 Å². The normalized spacial score (nSPS) is 10.8. The van der Waals surface area contributed by atoms with Gasteiger partial charge in [-0.1, -0.05) is 6.07 Å². The van der Waals surface area contributed by atoms with Gasteiger partial charge in [0.1, 0.15) is 17.8 Å². The van der Waals surface area contributed by atoms with Gasteiger partial charge in [0.2, 0.25) is 0 Å². The molecule has 3 aromatic rings. The number of rotatable bonds is 3. The highest BCUT2D eigenvalue weighted by atomic mass is 16.4. The van der Waals surface area contributed by atoms with Crippen molar-refractivity contribution in [3.8, 4) is 11.3 Å². The number of aryl methyl sites for hydroxylation is 1. The van der Waals surface area contributed by atoms with Crippen LogP contribution in [0.3, 0.4) is 0 Å². The predicted molar refractivity (Wildman–Crippen MR) is 71.1 cm³/mol. The molecule has 6 heteroatoms. The van der Waals surface area contributed by atoms with E-state index in [0.717, 1.165) is 16.8 Å². The van der Waals surface area contributed by atoms with Gasteiger partial charge in [0, 0.05) is 11.3 Å². The predicted octanol–water partition coefficient (Wildman–Crippen LogP) is 2.22. The maximum Gasteiger partial charge on any atom is 0.311 e. The molecule has 1 aromatic carbocycles. The second kappa shape index (κ2) is 4.73.